The third kappa shape index (κ3) is 2.25. The van der Waals surface area contributed by atoms with Crippen LogP contribution in [0, 0.1) is 11.3 Å². The van der Waals surface area contributed by atoms with E-state index in [1.54, 1.807) is 0 Å². The van der Waals surface area contributed by atoms with Crippen molar-refractivity contribution in [3.63, 3.8) is 0 Å². The fourth-order valence-electron chi connectivity index (χ4n) is 2.43. The van der Waals surface area contributed by atoms with E-state index in [2.05, 4.69) is 6.07 Å². The van der Waals surface area contributed by atoms with Crippen molar-refractivity contribution in [3.8, 4) is 6.07 Å². The molecule has 2 heteroatoms. The Bertz CT molecular complexity index is 588. The van der Waals surface area contributed by atoms with Gasteiger partial charge in [-0.05, 0) is 11.1 Å². The van der Waals surface area contributed by atoms with Gasteiger partial charge in [0, 0.05) is 6.42 Å². The van der Waals surface area contributed by atoms with E-state index in [1.165, 1.54) is 0 Å². The second-order valence-electron chi connectivity index (χ2n) is 4.94. The first-order chi connectivity index (χ1) is 9.35. The Hall–Kier alpha value is -2.11. The van der Waals surface area contributed by atoms with Gasteiger partial charge in [-0.15, -0.1) is 0 Å². The van der Waals surface area contributed by atoms with Gasteiger partial charge < -0.3 is 4.74 Å². The van der Waals surface area contributed by atoms with Crippen LogP contribution in [-0.4, -0.2) is 6.10 Å². The third-order valence-corrected chi connectivity index (χ3v) is 3.68. The molecule has 1 aliphatic rings. The molecule has 0 saturated heterocycles. The maximum atomic E-state index is 9.45. The number of benzene rings is 2. The fourth-order valence-corrected chi connectivity index (χ4v) is 2.43. The van der Waals surface area contributed by atoms with Crippen LogP contribution in [0.2, 0.25) is 0 Å². The second kappa shape index (κ2) is 4.87. The summed E-state index contributed by atoms with van der Waals surface area (Å²) in [5.74, 6) is 0. The predicted octanol–water partition coefficient (Wildman–Crippen LogP) is 3.44. The summed E-state index contributed by atoms with van der Waals surface area (Å²) < 4.78 is 5.88. The molecule has 2 aromatic carbocycles. The highest BCUT2D eigenvalue weighted by atomic mass is 16.5. The first-order valence-electron chi connectivity index (χ1n) is 6.47. The smallest absolute Gasteiger partial charge is 0.111 e. The maximum Gasteiger partial charge on any atom is 0.111 e. The normalized spacial score (nSPS) is 24.7. The Labute approximate surface area is 113 Å². The Kier molecular flexibility index (Phi) is 3.06. The summed E-state index contributed by atoms with van der Waals surface area (Å²) in [7, 11) is 0. The minimum atomic E-state index is -0.434. The summed E-state index contributed by atoms with van der Waals surface area (Å²) in [6.45, 7) is 0.571. The monoisotopic (exact) mass is 249 g/mol. The van der Waals surface area contributed by atoms with E-state index in [4.69, 9.17) is 4.74 Å². The van der Waals surface area contributed by atoms with Crippen molar-refractivity contribution in [1.82, 2.24) is 0 Å². The molecule has 0 amide bonds. The van der Waals surface area contributed by atoms with E-state index in [0.717, 1.165) is 17.5 Å². The molecule has 0 N–H and O–H groups in total. The molecule has 1 fully saturated rings. The van der Waals surface area contributed by atoms with Crippen molar-refractivity contribution in [1.29, 1.82) is 5.26 Å². The van der Waals surface area contributed by atoms with Crippen molar-refractivity contribution < 1.29 is 4.74 Å². The standard InChI is InChI=1S/C17H15NO/c18-13-17(15-9-5-2-6-10-15)11-16(17)19-12-14-7-3-1-4-8-14/h1-10,16H,11-12H2/t16-,17-/m0/s1. The van der Waals surface area contributed by atoms with Gasteiger partial charge in [0.2, 0.25) is 0 Å². The molecule has 2 atom stereocenters. The largest absolute Gasteiger partial charge is 0.371 e. The number of hydrogen-bond acceptors (Lipinski definition) is 2. The van der Waals surface area contributed by atoms with Crippen LogP contribution < -0.4 is 0 Å². The zero-order valence-corrected chi connectivity index (χ0v) is 10.6. The Morgan fingerprint density at radius 1 is 1.05 bits per heavy atom. The molecule has 94 valence electrons. The molecule has 0 spiro atoms. The zero-order chi connectivity index (χ0) is 13.1. The molecule has 1 saturated carbocycles. The highest BCUT2D eigenvalue weighted by molar-refractivity contribution is 5.42. The zero-order valence-electron chi connectivity index (χ0n) is 10.6. The maximum absolute atomic E-state index is 9.45. The highest BCUT2D eigenvalue weighted by Crippen LogP contribution is 2.50. The molecule has 0 unspecified atom stereocenters. The van der Waals surface area contributed by atoms with E-state index in [0.29, 0.717) is 6.61 Å². The molecule has 2 nitrogen and oxygen atoms in total. The lowest BCUT2D eigenvalue weighted by atomic mass is 9.97. The van der Waals surface area contributed by atoms with Crippen molar-refractivity contribution >= 4 is 0 Å². The predicted molar refractivity (Wildman–Crippen MR) is 73.4 cm³/mol. The van der Waals surface area contributed by atoms with Crippen molar-refractivity contribution in [2.75, 3.05) is 0 Å². The molecule has 0 radical (unpaired) electrons. The third-order valence-electron chi connectivity index (χ3n) is 3.68. The molecule has 0 heterocycles. The van der Waals surface area contributed by atoms with Gasteiger partial charge in [0.25, 0.3) is 0 Å². The molecule has 1 aliphatic carbocycles. The number of ether oxygens (including phenoxy) is 1. The van der Waals surface area contributed by atoms with Crippen molar-refractivity contribution in [2.24, 2.45) is 0 Å². The van der Waals surface area contributed by atoms with E-state index in [9.17, 15) is 5.26 Å². The summed E-state index contributed by atoms with van der Waals surface area (Å²) in [4.78, 5) is 0. The molecule has 3 rings (SSSR count). The van der Waals surface area contributed by atoms with Crippen LogP contribution >= 0.6 is 0 Å². The average molecular weight is 249 g/mol. The minimum Gasteiger partial charge on any atom is -0.371 e. The van der Waals surface area contributed by atoms with Gasteiger partial charge in [0.05, 0.1) is 18.8 Å². The van der Waals surface area contributed by atoms with Crippen LogP contribution in [0.1, 0.15) is 17.5 Å². The van der Waals surface area contributed by atoms with Crippen LogP contribution in [0.3, 0.4) is 0 Å². The van der Waals surface area contributed by atoms with Gasteiger partial charge in [-0.1, -0.05) is 60.7 Å². The van der Waals surface area contributed by atoms with Crippen molar-refractivity contribution in [3.05, 3.63) is 71.8 Å². The van der Waals surface area contributed by atoms with Crippen molar-refractivity contribution in [2.45, 2.75) is 24.5 Å². The number of hydrogen-bond donors (Lipinski definition) is 0. The van der Waals surface area contributed by atoms with E-state index in [-0.39, 0.29) is 6.10 Å². The van der Waals surface area contributed by atoms with Gasteiger partial charge in [-0.2, -0.15) is 5.26 Å². The highest BCUT2D eigenvalue weighted by Gasteiger charge is 2.57. The first kappa shape index (κ1) is 12.0. The number of nitriles is 1. The van der Waals surface area contributed by atoms with E-state index in [1.807, 2.05) is 60.7 Å². The lowest BCUT2D eigenvalue weighted by Gasteiger charge is -2.09. The van der Waals surface area contributed by atoms with Gasteiger partial charge in [0.1, 0.15) is 5.41 Å². The number of nitrogens with zero attached hydrogens (tertiary/aromatic N) is 1. The Morgan fingerprint density at radius 2 is 1.68 bits per heavy atom. The molecule has 19 heavy (non-hydrogen) atoms. The molecule has 0 bridgehead atoms. The average Bonchev–Trinajstić information content (AvgIpc) is 3.22. The topological polar surface area (TPSA) is 33.0 Å². The SMILES string of the molecule is N#C[C@]1(c2ccccc2)C[C@@H]1OCc1ccccc1. The molecular weight excluding hydrogens is 234 g/mol. The summed E-state index contributed by atoms with van der Waals surface area (Å²) in [6, 6.07) is 22.4. The van der Waals surface area contributed by atoms with Crippen LogP contribution in [0.15, 0.2) is 60.7 Å². The van der Waals surface area contributed by atoms with E-state index < -0.39 is 5.41 Å². The minimum absolute atomic E-state index is 0.0140. The van der Waals surface area contributed by atoms with Gasteiger partial charge in [-0.25, -0.2) is 0 Å². The van der Waals surface area contributed by atoms with Crippen LogP contribution in [0.4, 0.5) is 0 Å². The second-order valence-corrected chi connectivity index (χ2v) is 4.94. The van der Waals surface area contributed by atoms with Crippen LogP contribution in [0.25, 0.3) is 0 Å². The summed E-state index contributed by atoms with van der Waals surface area (Å²) in [6.07, 6.45) is 0.806. The van der Waals surface area contributed by atoms with Gasteiger partial charge in [0.15, 0.2) is 0 Å². The van der Waals surface area contributed by atoms with Crippen LogP contribution in [0.5, 0.6) is 0 Å². The van der Waals surface area contributed by atoms with Gasteiger partial charge >= 0.3 is 0 Å². The van der Waals surface area contributed by atoms with Gasteiger partial charge in [-0.3, -0.25) is 0 Å². The summed E-state index contributed by atoms with van der Waals surface area (Å²) in [5.41, 5.74) is 1.78. The lowest BCUT2D eigenvalue weighted by Crippen LogP contribution is -2.12. The lowest BCUT2D eigenvalue weighted by molar-refractivity contribution is 0.0957. The molecule has 2 aromatic rings. The summed E-state index contributed by atoms with van der Waals surface area (Å²) in [5, 5.41) is 9.45. The quantitative estimate of drug-likeness (QED) is 0.831. The first-order valence-corrected chi connectivity index (χ1v) is 6.47. The van der Waals surface area contributed by atoms with E-state index >= 15 is 0 Å². The molecular formula is C17H15NO. The Balaban J connectivity index is 1.68. The molecule has 0 aromatic heterocycles. The number of rotatable bonds is 4. The van der Waals surface area contributed by atoms with Crippen LogP contribution in [-0.2, 0) is 16.8 Å². The summed E-state index contributed by atoms with van der Waals surface area (Å²) >= 11 is 0. The Morgan fingerprint density at radius 3 is 2.32 bits per heavy atom. The fraction of sp³-hybridized carbons (Fsp3) is 0.235. The molecule has 0 aliphatic heterocycles.